The lowest BCUT2D eigenvalue weighted by atomic mass is 10.0. The molecule has 13 heteroatoms. The Labute approximate surface area is 173 Å². The average Bonchev–Trinajstić information content (AvgIpc) is 2.65. The van der Waals surface area contributed by atoms with Gasteiger partial charge in [0.1, 0.15) is 18.1 Å². The Morgan fingerprint density at radius 3 is 1.79 bits per heavy atom. The summed E-state index contributed by atoms with van der Waals surface area (Å²) >= 11 is 3.93. The maximum Gasteiger partial charge on any atom is 0.326 e. The van der Waals surface area contributed by atoms with Crippen molar-refractivity contribution >= 4 is 42.3 Å². The van der Waals surface area contributed by atoms with Gasteiger partial charge >= 0.3 is 11.9 Å². The molecule has 3 amide bonds. The molecule has 12 nitrogen and oxygen atoms in total. The first-order valence-electron chi connectivity index (χ1n) is 8.77. The van der Waals surface area contributed by atoms with Crippen LogP contribution >= 0.6 is 12.6 Å². The fraction of sp³-hybridized carbons (Fsp3) is 0.688. The van der Waals surface area contributed by atoms with Gasteiger partial charge in [-0.15, -0.1) is 0 Å². The molecule has 0 aromatic heterocycles. The molecule has 0 spiro atoms. The maximum atomic E-state index is 12.3. The van der Waals surface area contributed by atoms with Crippen LogP contribution in [0.1, 0.15) is 26.7 Å². The van der Waals surface area contributed by atoms with Crippen molar-refractivity contribution in [3.63, 3.8) is 0 Å². The summed E-state index contributed by atoms with van der Waals surface area (Å²) < 4.78 is 0. The second-order valence-corrected chi connectivity index (χ2v) is 6.95. The summed E-state index contributed by atoms with van der Waals surface area (Å²) in [5.41, 5.74) is 5.67. The number of aliphatic hydroxyl groups is 1. The molecule has 4 unspecified atom stereocenters. The van der Waals surface area contributed by atoms with Crippen LogP contribution in [0.25, 0.3) is 0 Å². The van der Waals surface area contributed by atoms with Gasteiger partial charge in [0.25, 0.3) is 0 Å². The predicted octanol–water partition coefficient (Wildman–Crippen LogP) is -2.70. The predicted molar refractivity (Wildman–Crippen MR) is 104 cm³/mol. The first-order chi connectivity index (χ1) is 13.4. The van der Waals surface area contributed by atoms with Crippen molar-refractivity contribution < 1.29 is 39.3 Å². The van der Waals surface area contributed by atoms with E-state index in [1.807, 2.05) is 0 Å². The molecular formula is C16H28N4O8S. The molecule has 0 saturated heterocycles. The Morgan fingerprint density at radius 2 is 1.38 bits per heavy atom. The molecular weight excluding hydrogens is 408 g/mol. The van der Waals surface area contributed by atoms with Crippen molar-refractivity contribution in [3.8, 4) is 0 Å². The van der Waals surface area contributed by atoms with E-state index in [9.17, 15) is 29.1 Å². The molecule has 0 aliphatic carbocycles. The molecule has 29 heavy (non-hydrogen) atoms. The van der Waals surface area contributed by atoms with Gasteiger partial charge in [-0.05, 0) is 12.3 Å². The first kappa shape index (κ1) is 26.6. The quantitative estimate of drug-likeness (QED) is 0.141. The number of hydrogen-bond acceptors (Lipinski definition) is 8. The molecule has 0 radical (unpaired) electrons. The largest absolute Gasteiger partial charge is 0.481 e. The summed E-state index contributed by atoms with van der Waals surface area (Å²) in [5, 5.41) is 33.7. The van der Waals surface area contributed by atoms with E-state index in [-0.39, 0.29) is 18.1 Å². The lowest BCUT2D eigenvalue weighted by Gasteiger charge is -2.24. The van der Waals surface area contributed by atoms with Crippen LogP contribution in [0.15, 0.2) is 0 Å². The molecule has 0 rings (SSSR count). The van der Waals surface area contributed by atoms with Gasteiger partial charge < -0.3 is 37.0 Å². The van der Waals surface area contributed by atoms with E-state index in [0.29, 0.717) is 0 Å². The standard InChI is InChI=1S/C16H28N4O8S/c1-7(2)12(17)15(26)19-9(5-21)13(24)20-10(6-29)14(25)18-8(16(27)28)3-4-11(22)23/h7-10,12,21,29H,3-6,17H2,1-2H3,(H,18,25)(H,19,26)(H,20,24)(H,22,23)(H,27,28). The van der Waals surface area contributed by atoms with E-state index in [1.165, 1.54) is 0 Å². The summed E-state index contributed by atoms with van der Waals surface area (Å²) in [6.07, 6.45) is -0.837. The van der Waals surface area contributed by atoms with Gasteiger partial charge in [-0.25, -0.2) is 4.79 Å². The normalized spacial score (nSPS) is 15.0. The van der Waals surface area contributed by atoms with E-state index >= 15 is 0 Å². The van der Waals surface area contributed by atoms with Gasteiger partial charge in [0.2, 0.25) is 17.7 Å². The first-order valence-corrected chi connectivity index (χ1v) is 9.40. The molecule has 8 N–H and O–H groups in total. The van der Waals surface area contributed by atoms with Gasteiger partial charge in [0, 0.05) is 12.2 Å². The zero-order valence-electron chi connectivity index (χ0n) is 16.1. The van der Waals surface area contributed by atoms with Crippen LogP contribution in [-0.4, -0.2) is 81.5 Å². The Bertz CT molecular complexity index is 616. The van der Waals surface area contributed by atoms with Crippen molar-refractivity contribution in [1.82, 2.24) is 16.0 Å². The van der Waals surface area contributed by atoms with Gasteiger partial charge in [-0.2, -0.15) is 12.6 Å². The number of aliphatic hydroxyl groups excluding tert-OH is 1. The summed E-state index contributed by atoms with van der Waals surface area (Å²) in [5.74, 6) is -5.58. The van der Waals surface area contributed by atoms with Crippen molar-refractivity contribution in [2.45, 2.75) is 50.9 Å². The highest BCUT2D eigenvalue weighted by molar-refractivity contribution is 7.80. The van der Waals surface area contributed by atoms with Crippen LogP contribution < -0.4 is 21.7 Å². The van der Waals surface area contributed by atoms with Crippen molar-refractivity contribution in [3.05, 3.63) is 0 Å². The number of amides is 3. The van der Waals surface area contributed by atoms with Crippen molar-refractivity contribution in [1.29, 1.82) is 0 Å². The molecule has 166 valence electrons. The maximum absolute atomic E-state index is 12.3. The topological polar surface area (TPSA) is 208 Å². The van der Waals surface area contributed by atoms with E-state index < -0.39 is 66.9 Å². The second-order valence-electron chi connectivity index (χ2n) is 6.59. The van der Waals surface area contributed by atoms with E-state index in [1.54, 1.807) is 13.8 Å². The number of hydrogen-bond donors (Lipinski definition) is 8. The number of rotatable bonds is 13. The Morgan fingerprint density at radius 1 is 0.897 bits per heavy atom. The van der Waals surface area contributed by atoms with Crippen LogP contribution in [0.5, 0.6) is 0 Å². The average molecular weight is 436 g/mol. The van der Waals surface area contributed by atoms with Gasteiger partial charge in [-0.1, -0.05) is 13.8 Å². The summed E-state index contributed by atoms with van der Waals surface area (Å²) in [7, 11) is 0. The lowest BCUT2D eigenvalue weighted by Crippen LogP contribution is -2.59. The Balaban J connectivity index is 5.01. The van der Waals surface area contributed by atoms with Crippen LogP contribution in [-0.2, 0) is 24.0 Å². The number of aliphatic carboxylic acids is 2. The number of carboxylic acids is 2. The molecule has 0 aliphatic rings. The number of nitrogens with two attached hydrogens (primary N) is 1. The molecule has 0 aromatic rings. The van der Waals surface area contributed by atoms with Crippen LogP contribution in [0, 0.1) is 5.92 Å². The minimum Gasteiger partial charge on any atom is -0.481 e. The molecule has 0 aromatic carbocycles. The number of carbonyl (C=O) groups is 5. The van der Waals surface area contributed by atoms with Crippen LogP contribution in [0.4, 0.5) is 0 Å². The zero-order chi connectivity index (χ0) is 22.7. The third kappa shape index (κ3) is 9.58. The van der Waals surface area contributed by atoms with Crippen molar-refractivity contribution in [2.24, 2.45) is 11.7 Å². The minimum absolute atomic E-state index is 0.216. The zero-order valence-corrected chi connectivity index (χ0v) is 17.0. The highest BCUT2D eigenvalue weighted by atomic mass is 32.1. The highest BCUT2D eigenvalue weighted by Gasteiger charge is 2.30. The van der Waals surface area contributed by atoms with Gasteiger partial charge in [0.05, 0.1) is 12.6 Å². The third-order valence-electron chi connectivity index (χ3n) is 3.91. The molecule has 0 saturated carbocycles. The number of carboxylic acid groups (broad SMARTS) is 2. The number of nitrogens with one attached hydrogen (secondary N) is 3. The number of carbonyl (C=O) groups excluding carboxylic acids is 3. The smallest absolute Gasteiger partial charge is 0.326 e. The molecule has 0 aliphatic heterocycles. The van der Waals surface area contributed by atoms with Crippen LogP contribution in [0.2, 0.25) is 0 Å². The van der Waals surface area contributed by atoms with E-state index in [4.69, 9.17) is 15.9 Å². The molecule has 0 heterocycles. The minimum atomic E-state index is -1.48. The van der Waals surface area contributed by atoms with E-state index in [2.05, 4.69) is 28.6 Å². The summed E-state index contributed by atoms with van der Waals surface area (Å²) in [6.45, 7) is 2.63. The molecule has 4 atom stereocenters. The second kappa shape index (κ2) is 13.0. The summed E-state index contributed by atoms with van der Waals surface area (Å²) in [6, 6.07) is -5.06. The van der Waals surface area contributed by atoms with E-state index in [0.717, 1.165) is 0 Å². The Kier molecular flexibility index (Phi) is 11.9. The monoisotopic (exact) mass is 436 g/mol. The SMILES string of the molecule is CC(C)C(N)C(=O)NC(CO)C(=O)NC(CS)C(=O)NC(CCC(=O)O)C(=O)O. The number of thiol groups is 1. The molecule has 0 bridgehead atoms. The highest BCUT2D eigenvalue weighted by Crippen LogP contribution is 2.02. The lowest BCUT2D eigenvalue weighted by molar-refractivity contribution is -0.143. The molecule has 0 fully saturated rings. The van der Waals surface area contributed by atoms with Gasteiger partial charge in [0.15, 0.2) is 0 Å². The Hall–Kier alpha value is -2.38. The van der Waals surface area contributed by atoms with Gasteiger partial charge in [-0.3, -0.25) is 19.2 Å². The van der Waals surface area contributed by atoms with Crippen molar-refractivity contribution in [2.75, 3.05) is 12.4 Å². The van der Waals surface area contributed by atoms with Crippen LogP contribution in [0.3, 0.4) is 0 Å². The fourth-order valence-corrected chi connectivity index (χ4v) is 2.29. The fourth-order valence-electron chi connectivity index (χ4n) is 2.03. The third-order valence-corrected chi connectivity index (χ3v) is 4.28. The summed E-state index contributed by atoms with van der Waals surface area (Å²) in [4.78, 5) is 58.2.